The number of carboxylic acid groups (broad SMARTS) is 1. The van der Waals surface area contributed by atoms with Crippen LogP contribution in [0.2, 0.25) is 0 Å². The normalized spacial score (nSPS) is 11.3. The average molecular weight is 316 g/mol. The zero-order chi connectivity index (χ0) is 15.2. The number of carbonyl (C=O) groups is 2. The Bertz CT molecular complexity index is 466. The first kappa shape index (κ1) is 17.0. The maximum absolute atomic E-state index is 11.7. The number of rotatable bonds is 7. The standard InChI is InChI=1S/C13H20N2O3S2/c1-13(2,3)12-15-9(7-20-12)6-10(16)14-4-5-19-8-11(17)18/h7H,4-6,8H2,1-3H3,(H,14,16)(H,17,18). The molecule has 112 valence electrons. The molecule has 7 heteroatoms. The van der Waals surface area contributed by atoms with E-state index in [-0.39, 0.29) is 23.5 Å². The molecule has 0 aliphatic carbocycles. The fourth-order valence-corrected chi connectivity index (χ4v) is 2.85. The molecule has 1 aromatic heterocycles. The average Bonchev–Trinajstić information content (AvgIpc) is 2.76. The summed E-state index contributed by atoms with van der Waals surface area (Å²) in [6.07, 6.45) is 0.274. The Balaban J connectivity index is 2.29. The van der Waals surface area contributed by atoms with Crippen LogP contribution in [0.5, 0.6) is 0 Å². The van der Waals surface area contributed by atoms with Gasteiger partial charge < -0.3 is 10.4 Å². The van der Waals surface area contributed by atoms with E-state index in [1.165, 1.54) is 11.8 Å². The minimum atomic E-state index is -0.835. The van der Waals surface area contributed by atoms with Gasteiger partial charge in [-0.25, -0.2) is 4.98 Å². The van der Waals surface area contributed by atoms with Crippen molar-refractivity contribution in [2.75, 3.05) is 18.1 Å². The van der Waals surface area contributed by atoms with Crippen LogP contribution >= 0.6 is 23.1 Å². The smallest absolute Gasteiger partial charge is 0.313 e. The van der Waals surface area contributed by atoms with Crippen molar-refractivity contribution in [1.29, 1.82) is 0 Å². The lowest BCUT2D eigenvalue weighted by molar-refractivity contribution is -0.133. The fourth-order valence-electron chi connectivity index (χ4n) is 1.38. The van der Waals surface area contributed by atoms with Crippen LogP contribution in [-0.4, -0.2) is 40.0 Å². The van der Waals surface area contributed by atoms with Gasteiger partial charge in [0.25, 0.3) is 0 Å². The van der Waals surface area contributed by atoms with Crippen molar-refractivity contribution < 1.29 is 14.7 Å². The third-order valence-electron chi connectivity index (χ3n) is 2.33. The van der Waals surface area contributed by atoms with Crippen LogP contribution in [0, 0.1) is 0 Å². The Hall–Kier alpha value is -1.08. The molecule has 0 saturated heterocycles. The summed E-state index contributed by atoms with van der Waals surface area (Å²) in [4.78, 5) is 26.5. The quantitative estimate of drug-likeness (QED) is 0.751. The zero-order valence-corrected chi connectivity index (χ0v) is 13.6. The molecule has 0 radical (unpaired) electrons. The van der Waals surface area contributed by atoms with E-state index in [0.29, 0.717) is 12.3 Å². The lowest BCUT2D eigenvalue weighted by atomic mass is 9.98. The van der Waals surface area contributed by atoms with Gasteiger partial charge in [-0.05, 0) is 0 Å². The van der Waals surface area contributed by atoms with Gasteiger partial charge in [-0.1, -0.05) is 20.8 Å². The topological polar surface area (TPSA) is 79.3 Å². The monoisotopic (exact) mass is 316 g/mol. The Morgan fingerprint density at radius 3 is 2.70 bits per heavy atom. The number of hydrogen-bond acceptors (Lipinski definition) is 5. The highest BCUT2D eigenvalue weighted by Gasteiger charge is 2.18. The van der Waals surface area contributed by atoms with E-state index in [2.05, 4.69) is 31.1 Å². The maximum Gasteiger partial charge on any atom is 0.313 e. The minimum absolute atomic E-state index is 0.00681. The molecule has 2 N–H and O–H groups in total. The van der Waals surface area contributed by atoms with E-state index in [9.17, 15) is 9.59 Å². The number of carboxylic acids is 1. The molecule has 0 atom stereocenters. The molecule has 1 aromatic rings. The lowest BCUT2D eigenvalue weighted by Crippen LogP contribution is -2.27. The van der Waals surface area contributed by atoms with Gasteiger partial charge in [0.15, 0.2) is 0 Å². The molecule has 0 saturated carbocycles. The van der Waals surface area contributed by atoms with Gasteiger partial charge in [0, 0.05) is 23.1 Å². The molecule has 1 amide bonds. The predicted molar refractivity (Wildman–Crippen MR) is 82.5 cm³/mol. The number of nitrogens with one attached hydrogen (secondary N) is 1. The predicted octanol–water partition coefficient (Wildman–Crippen LogP) is 1.92. The van der Waals surface area contributed by atoms with E-state index >= 15 is 0 Å². The second-order valence-corrected chi connectivity index (χ2v) is 7.33. The highest BCUT2D eigenvalue weighted by atomic mass is 32.2. The number of aliphatic carboxylic acids is 1. The van der Waals surface area contributed by atoms with Gasteiger partial charge in [-0.2, -0.15) is 0 Å². The molecule has 20 heavy (non-hydrogen) atoms. The molecule has 0 unspecified atom stereocenters. The Morgan fingerprint density at radius 1 is 1.45 bits per heavy atom. The number of nitrogens with zero attached hydrogens (tertiary/aromatic N) is 1. The van der Waals surface area contributed by atoms with Crippen molar-refractivity contribution >= 4 is 35.0 Å². The van der Waals surface area contributed by atoms with E-state index in [4.69, 9.17) is 5.11 Å². The number of thioether (sulfide) groups is 1. The Kier molecular flexibility index (Phi) is 6.48. The third kappa shape index (κ3) is 6.38. The van der Waals surface area contributed by atoms with Crippen LogP contribution < -0.4 is 5.32 Å². The van der Waals surface area contributed by atoms with Crippen LogP contribution in [0.3, 0.4) is 0 Å². The molecule has 5 nitrogen and oxygen atoms in total. The number of thiazole rings is 1. The molecular formula is C13H20N2O3S2. The molecule has 1 heterocycles. The number of carbonyl (C=O) groups excluding carboxylic acids is 1. The first-order valence-electron chi connectivity index (χ1n) is 6.30. The van der Waals surface area contributed by atoms with Gasteiger partial charge in [0.05, 0.1) is 22.9 Å². The molecule has 0 spiro atoms. The van der Waals surface area contributed by atoms with Gasteiger partial charge in [0.1, 0.15) is 0 Å². The largest absolute Gasteiger partial charge is 0.481 e. The summed E-state index contributed by atoms with van der Waals surface area (Å²) in [5.74, 6) is -0.246. The van der Waals surface area contributed by atoms with Crippen molar-refractivity contribution in [3.63, 3.8) is 0 Å². The SMILES string of the molecule is CC(C)(C)c1nc(CC(=O)NCCSCC(=O)O)cs1. The van der Waals surface area contributed by atoms with E-state index in [0.717, 1.165) is 10.7 Å². The molecule has 0 aliphatic heterocycles. The van der Waals surface area contributed by atoms with E-state index in [1.54, 1.807) is 11.3 Å². The fraction of sp³-hybridized carbons (Fsp3) is 0.615. The number of hydrogen-bond donors (Lipinski definition) is 2. The number of amides is 1. The molecular weight excluding hydrogens is 296 g/mol. The number of aromatic nitrogens is 1. The second kappa shape index (κ2) is 7.64. The first-order valence-corrected chi connectivity index (χ1v) is 8.33. The summed E-state index contributed by atoms with van der Waals surface area (Å²) in [7, 11) is 0. The van der Waals surface area contributed by atoms with Crippen LogP contribution in [-0.2, 0) is 21.4 Å². The van der Waals surface area contributed by atoms with Gasteiger partial charge in [-0.3, -0.25) is 9.59 Å². The highest BCUT2D eigenvalue weighted by molar-refractivity contribution is 7.99. The summed E-state index contributed by atoms with van der Waals surface area (Å²) >= 11 is 2.86. The van der Waals surface area contributed by atoms with Crippen LogP contribution in [0.4, 0.5) is 0 Å². The summed E-state index contributed by atoms with van der Waals surface area (Å²) in [6.45, 7) is 6.76. The zero-order valence-electron chi connectivity index (χ0n) is 11.9. The summed E-state index contributed by atoms with van der Waals surface area (Å²) in [6, 6.07) is 0. The lowest BCUT2D eigenvalue weighted by Gasteiger charge is -2.13. The van der Waals surface area contributed by atoms with Crippen molar-refractivity contribution in [2.45, 2.75) is 32.6 Å². The summed E-state index contributed by atoms with van der Waals surface area (Å²) in [5.41, 5.74) is 0.794. The molecule has 1 rings (SSSR count). The van der Waals surface area contributed by atoms with Crippen molar-refractivity contribution in [3.05, 3.63) is 16.1 Å². The van der Waals surface area contributed by atoms with Crippen molar-refractivity contribution in [3.8, 4) is 0 Å². The van der Waals surface area contributed by atoms with Crippen molar-refractivity contribution in [2.24, 2.45) is 0 Å². The third-order valence-corrected chi connectivity index (χ3v) is 4.59. The van der Waals surface area contributed by atoms with Crippen LogP contribution in [0.15, 0.2) is 5.38 Å². The van der Waals surface area contributed by atoms with Crippen LogP contribution in [0.1, 0.15) is 31.5 Å². The van der Waals surface area contributed by atoms with Gasteiger partial charge >= 0.3 is 5.97 Å². The molecule has 0 fully saturated rings. The Morgan fingerprint density at radius 2 is 2.15 bits per heavy atom. The minimum Gasteiger partial charge on any atom is -0.481 e. The van der Waals surface area contributed by atoms with Crippen molar-refractivity contribution in [1.82, 2.24) is 10.3 Å². The van der Waals surface area contributed by atoms with Gasteiger partial charge in [-0.15, -0.1) is 23.1 Å². The van der Waals surface area contributed by atoms with E-state index in [1.807, 2.05) is 5.38 Å². The second-order valence-electron chi connectivity index (χ2n) is 5.37. The highest BCUT2D eigenvalue weighted by Crippen LogP contribution is 2.25. The molecule has 0 aliphatic rings. The van der Waals surface area contributed by atoms with E-state index < -0.39 is 5.97 Å². The van der Waals surface area contributed by atoms with Crippen LogP contribution in [0.25, 0.3) is 0 Å². The Labute approximate surface area is 127 Å². The molecule has 0 bridgehead atoms. The first-order chi connectivity index (χ1) is 9.29. The molecule has 0 aromatic carbocycles. The summed E-state index contributed by atoms with van der Waals surface area (Å²) in [5, 5.41) is 14.2. The summed E-state index contributed by atoms with van der Waals surface area (Å²) < 4.78 is 0. The maximum atomic E-state index is 11.7. The van der Waals surface area contributed by atoms with Gasteiger partial charge in [0.2, 0.25) is 5.91 Å².